The molecule has 0 saturated heterocycles. The molecule has 0 aromatic heterocycles. The van der Waals surface area contributed by atoms with Gasteiger partial charge >= 0.3 is 6.16 Å². The zero-order valence-electron chi connectivity index (χ0n) is 17.8. The van der Waals surface area contributed by atoms with E-state index in [0.717, 1.165) is 18.4 Å². The van der Waals surface area contributed by atoms with Crippen molar-refractivity contribution in [2.75, 3.05) is 20.3 Å². The standard InChI is InChI=1S/C22H32N2O5/c1-5-19(25)24(17-18-13-9-8-10-14-18)22(2,3)20(26)23-15-11-6-7-12-16-29-21(27)28-4/h7-10,12-14H,5-6,11,15-17H2,1-4H3,(H,23,26)/b12-7+. The molecule has 0 unspecified atom stereocenters. The number of unbranched alkanes of at least 4 members (excludes halogenated alkanes) is 1. The number of amides is 2. The first-order valence-electron chi connectivity index (χ1n) is 9.81. The summed E-state index contributed by atoms with van der Waals surface area (Å²) in [5.74, 6) is -0.254. The smallest absolute Gasteiger partial charge is 0.438 e. The van der Waals surface area contributed by atoms with Crippen molar-refractivity contribution in [3.8, 4) is 0 Å². The van der Waals surface area contributed by atoms with Gasteiger partial charge in [0.25, 0.3) is 0 Å². The largest absolute Gasteiger partial charge is 0.508 e. The average Bonchev–Trinajstić information content (AvgIpc) is 2.73. The summed E-state index contributed by atoms with van der Waals surface area (Å²) in [5, 5.41) is 2.91. The Labute approximate surface area is 173 Å². The summed E-state index contributed by atoms with van der Waals surface area (Å²) in [5.41, 5.74) is 0.0159. The minimum Gasteiger partial charge on any atom is -0.438 e. The first-order chi connectivity index (χ1) is 13.8. The molecule has 0 spiro atoms. The molecule has 1 rings (SSSR count). The molecule has 2 amide bonds. The molecule has 0 aliphatic rings. The van der Waals surface area contributed by atoms with Crippen LogP contribution in [0.15, 0.2) is 42.5 Å². The van der Waals surface area contributed by atoms with Crippen molar-refractivity contribution in [2.24, 2.45) is 0 Å². The fourth-order valence-electron chi connectivity index (χ4n) is 2.68. The number of ether oxygens (including phenoxy) is 2. The van der Waals surface area contributed by atoms with Gasteiger partial charge in [-0.2, -0.15) is 0 Å². The maximum Gasteiger partial charge on any atom is 0.508 e. The van der Waals surface area contributed by atoms with Crippen LogP contribution in [-0.2, 0) is 25.6 Å². The molecule has 7 nitrogen and oxygen atoms in total. The lowest BCUT2D eigenvalue weighted by Crippen LogP contribution is -2.56. The molecule has 0 radical (unpaired) electrons. The van der Waals surface area contributed by atoms with Gasteiger partial charge in [0, 0.05) is 19.5 Å². The van der Waals surface area contributed by atoms with E-state index < -0.39 is 11.7 Å². The van der Waals surface area contributed by atoms with Crippen LogP contribution in [-0.4, -0.2) is 48.7 Å². The van der Waals surface area contributed by atoms with Crippen LogP contribution in [0.5, 0.6) is 0 Å². The normalized spacial score (nSPS) is 11.2. The lowest BCUT2D eigenvalue weighted by molar-refractivity contribution is -0.146. The van der Waals surface area contributed by atoms with Gasteiger partial charge in [-0.1, -0.05) is 49.4 Å². The topological polar surface area (TPSA) is 84.9 Å². The monoisotopic (exact) mass is 404 g/mol. The van der Waals surface area contributed by atoms with Crippen molar-refractivity contribution in [1.29, 1.82) is 0 Å². The van der Waals surface area contributed by atoms with Crippen LogP contribution in [0.3, 0.4) is 0 Å². The Balaban J connectivity index is 2.52. The third-order valence-corrected chi connectivity index (χ3v) is 4.48. The van der Waals surface area contributed by atoms with Crippen LogP contribution in [0.1, 0.15) is 45.6 Å². The average molecular weight is 405 g/mol. The number of carbonyl (C=O) groups excluding carboxylic acids is 3. The van der Waals surface area contributed by atoms with E-state index in [9.17, 15) is 14.4 Å². The third-order valence-electron chi connectivity index (χ3n) is 4.48. The van der Waals surface area contributed by atoms with E-state index in [4.69, 9.17) is 4.74 Å². The van der Waals surface area contributed by atoms with Crippen LogP contribution in [0.2, 0.25) is 0 Å². The lowest BCUT2D eigenvalue weighted by Gasteiger charge is -2.37. The molecular formula is C22H32N2O5. The van der Waals surface area contributed by atoms with Crippen LogP contribution >= 0.6 is 0 Å². The number of hydrogen-bond donors (Lipinski definition) is 1. The number of hydrogen-bond acceptors (Lipinski definition) is 5. The molecule has 0 saturated carbocycles. The highest BCUT2D eigenvalue weighted by molar-refractivity contribution is 5.90. The second-order valence-electron chi connectivity index (χ2n) is 7.01. The summed E-state index contributed by atoms with van der Waals surface area (Å²) >= 11 is 0. The Morgan fingerprint density at radius 3 is 2.45 bits per heavy atom. The molecule has 0 atom stereocenters. The predicted octanol–water partition coefficient (Wildman–Crippen LogP) is 3.44. The number of benzene rings is 1. The molecule has 29 heavy (non-hydrogen) atoms. The Morgan fingerprint density at radius 2 is 1.83 bits per heavy atom. The molecule has 0 heterocycles. The van der Waals surface area contributed by atoms with Gasteiger partial charge in [0.15, 0.2) is 0 Å². The fourth-order valence-corrected chi connectivity index (χ4v) is 2.68. The summed E-state index contributed by atoms with van der Waals surface area (Å²) in [6, 6.07) is 9.64. The van der Waals surface area contributed by atoms with E-state index in [1.54, 1.807) is 31.7 Å². The molecule has 1 aromatic rings. The number of rotatable bonds is 11. The van der Waals surface area contributed by atoms with Gasteiger partial charge in [-0.15, -0.1) is 0 Å². The third kappa shape index (κ3) is 8.37. The first kappa shape index (κ1) is 24.2. The zero-order chi connectivity index (χ0) is 21.7. The minimum atomic E-state index is -0.965. The van der Waals surface area contributed by atoms with Gasteiger partial charge in [-0.3, -0.25) is 9.59 Å². The Morgan fingerprint density at radius 1 is 1.14 bits per heavy atom. The summed E-state index contributed by atoms with van der Waals surface area (Å²) in [4.78, 5) is 37.7. The maximum atomic E-state index is 12.8. The summed E-state index contributed by atoms with van der Waals surface area (Å²) in [7, 11) is 1.26. The van der Waals surface area contributed by atoms with Crippen molar-refractivity contribution < 1.29 is 23.9 Å². The highest BCUT2D eigenvalue weighted by atomic mass is 16.7. The first-order valence-corrected chi connectivity index (χ1v) is 9.81. The van der Waals surface area contributed by atoms with Crippen LogP contribution in [0, 0.1) is 0 Å². The Bertz CT molecular complexity index is 686. The predicted molar refractivity (Wildman–Crippen MR) is 111 cm³/mol. The van der Waals surface area contributed by atoms with Crippen LogP contribution < -0.4 is 5.32 Å². The Kier molecular flexibility index (Phi) is 10.5. The van der Waals surface area contributed by atoms with Crippen molar-refractivity contribution in [3.63, 3.8) is 0 Å². The van der Waals surface area contributed by atoms with Crippen molar-refractivity contribution in [2.45, 2.75) is 52.1 Å². The van der Waals surface area contributed by atoms with Crippen molar-refractivity contribution in [3.05, 3.63) is 48.0 Å². The van der Waals surface area contributed by atoms with E-state index in [0.29, 0.717) is 19.5 Å². The fraction of sp³-hybridized carbons (Fsp3) is 0.500. The number of nitrogens with one attached hydrogen (secondary N) is 1. The number of methoxy groups -OCH3 is 1. The highest BCUT2D eigenvalue weighted by Gasteiger charge is 2.36. The van der Waals surface area contributed by atoms with Crippen LogP contribution in [0.25, 0.3) is 0 Å². The summed E-state index contributed by atoms with van der Waals surface area (Å²) < 4.78 is 9.10. The van der Waals surface area contributed by atoms with E-state index in [2.05, 4.69) is 10.1 Å². The molecule has 7 heteroatoms. The molecule has 0 aliphatic heterocycles. The quantitative estimate of drug-likeness (QED) is 0.347. The number of allylic oxidation sites excluding steroid dienone is 1. The molecule has 0 fully saturated rings. The van der Waals surface area contributed by atoms with Gasteiger partial charge in [0.05, 0.1) is 7.11 Å². The van der Waals surface area contributed by atoms with Gasteiger partial charge in [-0.05, 0) is 32.3 Å². The SMILES string of the molecule is CCC(=O)N(Cc1ccccc1)C(C)(C)C(=O)NCCC/C=C/COC(=O)OC. The minimum absolute atomic E-state index is 0.0671. The molecule has 160 valence electrons. The van der Waals surface area contributed by atoms with Crippen molar-refractivity contribution >= 4 is 18.0 Å². The van der Waals surface area contributed by atoms with E-state index in [1.807, 2.05) is 36.4 Å². The molecule has 0 bridgehead atoms. The number of carbonyl (C=O) groups is 3. The molecule has 1 N–H and O–H groups in total. The maximum absolute atomic E-state index is 12.8. The molecule has 0 aliphatic carbocycles. The zero-order valence-corrected chi connectivity index (χ0v) is 17.8. The van der Waals surface area contributed by atoms with Gasteiger partial charge in [-0.25, -0.2) is 4.79 Å². The van der Waals surface area contributed by atoms with Crippen LogP contribution in [0.4, 0.5) is 4.79 Å². The summed E-state index contributed by atoms with van der Waals surface area (Å²) in [6.07, 6.45) is 4.68. The lowest BCUT2D eigenvalue weighted by atomic mass is 9.99. The molecule has 1 aromatic carbocycles. The second kappa shape index (κ2) is 12.6. The summed E-state index contributed by atoms with van der Waals surface area (Å²) in [6.45, 7) is 6.36. The van der Waals surface area contributed by atoms with Gasteiger partial charge in [0.2, 0.25) is 11.8 Å². The second-order valence-corrected chi connectivity index (χ2v) is 7.01. The van der Waals surface area contributed by atoms with E-state index in [-0.39, 0.29) is 18.4 Å². The highest BCUT2D eigenvalue weighted by Crippen LogP contribution is 2.20. The number of nitrogens with zero attached hydrogens (tertiary/aromatic N) is 1. The van der Waals surface area contributed by atoms with E-state index >= 15 is 0 Å². The van der Waals surface area contributed by atoms with Gasteiger partial charge < -0.3 is 19.7 Å². The van der Waals surface area contributed by atoms with E-state index in [1.165, 1.54) is 7.11 Å². The molecular weight excluding hydrogens is 372 g/mol. The van der Waals surface area contributed by atoms with Crippen molar-refractivity contribution in [1.82, 2.24) is 10.2 Å². The Hall–Kier alpha value is -2.83. The van der Waals surface area contributed by atoms with Gasteiger partial charge in [0.1, 0.15) is 12.1 Å².